The number of methoxy groups -OCH3 is 2. The van der Waals surface area contributed by atoms with Crippen LogP contribution in [0.2, 0.25) is 0 Å². The molecule has 1 unspecified atom stereocenters. The zero-order valence-electron chi connectivity index (χ0n) is 20.5. The molecular formula is C24H26N6O6S. The molecule has 12 nitrogen and oxygen atoms in total. The standard InChI is InChI=1S/C24H26N6O6S/c1-4-36-18-10-5-7-14(27-18)22-29-21-23(30(22)19-16(34-2)8-6-9-17(19)35-3)28-15(13-26-21)20(37(25,32)33)24(31)11-12-24/h5-10,13,20,31H,4,11-12H2,1-3H3,(H2,25,32,33). The van der Waals surface area contributed by atoms with Crippen LogP contribution in [0.5, 0.6) is 17.4 Å². The summed E-state index contributed by atoms with van der Waals surface area (Å²) in [7, 11) is -1.17. The van der Waals surface area contributed by atoms with E-state index < -0.39 is 20.9 Å². The van der Waals surface area contributed by atoms with Crippen molar-refractivity contribution in [2.75, 3.05) is 20.8 Å². The molecule has 0 aliphatic heterocycles. The molecule has 0 amide bonds. The largest absolute Gasteiger partial charge is 0.494 e. The molecule has 194 valence electrons. The maximum absolute atomic E-state index is 12.5. The van der Waals surface area contributed by atoms with Crippen LogP contribution >= 0.6 is 0 Å². The number of hydrogen-bond acceptors (Lipinski definition) is 10. The summed E-state index contributed by atoms with van der Waals surface area (Å²) in [5.74, 6) is 1.63. The van der Waals surface area contributed by atoms with Crippen LogP contribution in [0.3, 0.4) is 0 Å². The number of rotatable bonds is 9. The van der Waals surface area contributed by atoms with Crippen LogP contribution in [0.25, 0.3) is 28.5 Å². The predicted molar refractivity (Wildman–Crippen MR) is 134 cm³/mol. The van der Waals surface area contributed by atoms with Gasteiger partial charge in [0.1, 0.15) is 28.1 Å². The minimum absolute atomic E-state index is 0.00703. The van der Waals surface area contributed by atoms with E-state index in [9.17, 15) is 13.5 Å². The maximum Gasteiger partial charge on any atom is 0.220 e. The van der Waals surface area contributed by atoms with Gasteiger partial charge in [-0.1, -0.05) is 12.1 Å². The fourth-order valence-corrected chi connectivity index (χ4v) is 5.63. The number of aromatic nitrogens is 5. The first kappa shape index (κ1) is 24.9. The summed E-state index contributed by atoms with van der Waals surface area (Å²) in [6.07, 6.45) is 1.85. The van der Waals surface area contributed by atoms with Crippen LogP contribution in [0.1, 0.15) is 30.7 Å². The van der Waals surface area contributed by atoms with E-state index in [0.29, 0.717) is 41.2 Å². The van der Waals surface area contributed by atoms with Gasteiger partial charge < -0.3 is 19.3 Å². The molecule has 1 aromatic carbocycles. The lowest BCUT2D eigenvalue weighted by molar-refractivity contribution is 0.142. The number of nitrogens with two attached hydrogens (primary N) is 1. The van der Waals surface area contributed by atoms with Crippen LogP contribution in [-0.4, -0.2) is 64.5 Å². The predicted octanol–water partition coefficient (Wildman–Crippen LogP) is 2.15. The van der Waals surface area contributed by atoms with Gasteiger partial charge >= 0.3 is 0 Å². The number of para-hydroxylation sites is 1. The summed E-state index contributed by atoms with van der Waals surface area (Å²) in [5, 5.41) is 14.8. The fraction of sp³-hybridized carbons (Fsp3) is 0.333. The molecule has 1 aliphatic carbocycles. The quantitative estimate of drug-likeness (QED) is 0.330. The molecule has 3 heterocycles. The minimum Gasteiger partial charge on any atom is -0.494 e. The Kier molecular flexibility index (Phi) is 6.22. The van der Waals surface area contributed by atoms with Crippen molar-refractivity contribution in [1.82, 2.24) is 24.5 Å². The Morgan fingerprint density at radius 3 is 2.35 bits per heavy atom. The molecule has 5 rings (SSSR count). The third-order valence-electron chi connectivity index (χ3n) is 6.11. The molecule has 0 spiro atoms. The summed E-state index contributed by atoms with van der Waals surface area (Å²) >= 11 is 0. The second-order valence-corrected chi connectivity index (χ2v) is 10.2. The first-order chi connectivity index (χ1) is 17.7. The number of fused-ring (bicyclic) bond motifs is 1. The van der Waals surface area contributed by atoms with E-state index >= 15 is 0 Å². The van der Waals surface area contributed by atoms with Gasteiger partial charge in [0.25, 0.3) is 0 Å². The Hall–Kier alpha value is -3.81. The smallest absolute Gasteiger partial charge is 0.220 e. The Labute approximate surface area is 213 Å². The number of hydrogen-bond donors (Lipinski definition) is 2. The first-order valence-electron chi connectivity index (χ1n) is 11.5. The van der Waals surface area contributed by atoms with E-state index in [1.807, 2.05) is 6.92 Å². The zero-order chi connectivity index (χ0) is 26.4. The molecule has 1 aliphatic rings. The molecule has 0 bridgehead atoms. The molecule has 37 heavy (non-hydrogen) atoms. The zero-order valence-corrected chi connectivity index (χ0v) is 21.3. The van der Waals surface area contributed by atoms with Crippen molar-refractivity contribution in [1.29, 1.82) is 0 Å². The molecule has 1 fully saturated rings. The monoisotopic (exact) mass is 526 g/mol. The minimum atomic E-state index is -4.20. The molecule has 0 saturated heterocycles. The van der Waals surface area contributed by atoms with E-state index in [4.69, 9.17) is 19.3 Å². The van der Waals surface area contributed by atoms with Gasteiger partial charge in [-0.15, -0.1) is 0 Å². The number of nitrogens with zero attached hydrogens (tertiary/aromatic N) is 5. The van der Waals surface area contributed by atoms with Crippen molar-refractivity contribution in [3.05, 3.63) is 48.3 Å². The second-order valence-electron chi connectivity index (χ2n) is 8.59. The lowest BCUT2D eigenvalue weighted by Gasteiger charge is -2.20. The lowest BCUT2D eigenvalue weighted by atomic mass is 10.1. The summed E-state index contributed by atoms with van der Waals surface area (Å²) in [4.78, 5) is 18.3. The third-order valence-corrected chi connectivity index (χ3v) is 7.44. The fourth-order valence-electron chi connectivity index (χ4n) is 4.33. The topological polar surface area (TPSA) is 165 Å². The molecule has 3 N–H and O–H groups in total. The van der Waals surface area contributed by atoms with Crippen molar-refractivity contribution in [2.45, 2.75) is 30.6 Å². The highest BCUT2D eigenvalue weighted by atomic mass is 32.2. The van der Waals surface area contributed by atoms with Gasteiger partial charge in [-0.3, -0.25) is 4.57 Å². The molecular weight excluding hydrogens is 500 g/mol. The van der Waals surface area contributed by atoms with Crippen LogP contribution in [0.15, 0.2) is 42.6 Å². The number of pyridine rings is 1. The summed E-state index contributed by atoms with van der Waals surface area (Å²) in [5.41, 5.74) is -0.170. The number of ether oxygens (including phenoxy) is 3. The van der Waals surface area contributed by atoms with Crippen LogP contribution in [0.4, 0.5) is 0 Å². The lowest BCUT2D eigenvalue weighted by Crippen LogP contribution is -2.33. The van der Waals surface area contributed by atoms with E-state index in [2.05, 4.69) is 19.9 Å². The Morgan fingerprint density at radius 1 is 1.08 bits per heavy atom. The molecule has 4 aromatic rings. The Bertz CT molecular complexity index is 1560. The number of benzene rings is 1. The normalized spacial score (nSPS) is 15.4. The van der Waals surface area contributed by atoms with E-state index in [0.717, 1.165) is 0 Å². The van der Waals surface area contributed by atoms with Gasteiger partial charge in [-0.2, -0.15) is 0 Å². The Morgan fingerprint density at radius 2 is 1.76 bits per heavy atom. The van der Waals surface area contributed by atoms with Gasteiger partial charge in [0.05, 0.1) is 38.3 Å². The van der Waals surface area contributed by atoms with Crippen molar-refractivity contribution in [3.63, 3.8) is 0 Å². The molecule has 13 heteroatoms. The van der Waals surface area contributed by atoms with Crippen LogP contribution in [0, 0.1) is 0 Å². The van der Waals surface area contributed by atoms with Gasteiger partial charge in [-0.25, -0.2) is 33.5 Å². The highest BCUT2D eigenvalue weighted by molar-refractivity contribution is 7.89. The third kappa shape index (κ3) is 4.45. The van der Waals surface area contributed by atoms with E-state index in [-0.39, 0.29) is 29.8 Å². The van der Waals surface area contributed by atoms with Gasteiger partial charge in [0.2, 0.25) is 15.9 Å². The number of sulfonamides is 1. The SMILES string of the molecule is CCOc1cccc(-c2nc3ncc(C(C4(O)CC4)S(N)(=O)=O)nc3n2-c2c(OC)cccc2OC)n1. The average molecular weight is 527 g/mol. The Balaban J connectivity index is 1.84. The van der Waals surface area contributed by atoms with Crippen molar-refractivity contribution >= 4 is 21.3 Å². The average Bonchev–Trinajstić information content (AvgIpc) is 3.49. The highest BCUT2D eigenvalue weighted by Gasteiger charge is 2.54. The van der Waals surface area contributed by atoms with Gasteiger partial charge in [0.15, 0.2) is 17.1 Å². The second kappa shape index (κ2) is 9.25. The highest BCUT2D eigenvalue weighted by Crippen LogP contribution is 2.49. The van der Waals surface area contributed by atoms with Gasteiger partial charge in [-0.05, 0) is 38.0 Å². The number of primary sulfonamides is 1. The number of imidazole rings is 1. The molecule has 0 radical (unpaired) electrons. The summed E-state index contributed by atoms with van der Waals surface area (Å²) in [6.45, 7) is 2.28. The molecule has 1 saturated carbocycles. The van der Waals surface area contributed by atoms with Crippen LogP contribution in [-0.2, 0) is 10.0 Å². The first-order valence-corrected chi connectivity index (χ1v) is 13.1. The molecule has 3 aromatic heterocycles. The van der Waals surface area contributed by atoms with E-state index in [1.54, 1.807) is 41.0 Å². The van der Waals surface area contributed by atoms with E-state index in [1.165, 1.54) is 20.4 Å². The van der Waals surface area contributed by atoms with Gasteiger partial charge in [0, 0.05) is 6.07 Å². The van der Waals surface area contributed by atoms with Crippen molar-refractivity contribution < 1.29 is 27.7 Å². The number of aliphatic hydroxyl groups is 1. The summed E-state index contributed by atoms with van der Waals surface area (Å²) in [6, 6.07) is 10.5. The molecule has 1 atom stereocenters. The maximum atomic E-state index is 12.5. The summed E-state index contributed by atoms with van der Waals surface area (Å²) < 4.78 is 43.5. The van der Waals surface area contributed by atoms with Crippen molar-refractivity contribution in [2.24, 2.45) is 5.14 Å². The van der Waals surface area contributed by atoms with Crippen molar-refractivity contribution in [3.8, 4) is 34.6 Å². The van der Waals surface area contributed by atoms with Crippen LogP contribution < -0.4 is 19.3 Å².